The Kier molecular flexibility index (Phi) is 6.13. The number of nitrogen functional groups attached to an aromatic ring is 1. The van der Waals surface area contributed by atoms with Gasteiger partial charge in [-0.2, -0.15) is 0 Å². The van der Waals surface area contributed by atoms with E-state index < -0.39 is 5.97 Å². The van der Waals surface area contributed by atoms with Gasteiger partial charge in [-0.15, -0.1) is 0 Å². The summed E-state index contributed by atoms with van der Waals surface area (Å²) in [7, 11) is 0. The van der Waals surface area contributed by atoms with E-state index in [-0.39, 0.29) is 34.4 Å². The summed E-state index contributed by atoms with van der Waals surface area (Å²) in [6, 6.07) is 21.6. The summed E-state index contributed by atoms with van der Waals surface area (Å²) in [4.78, 5) is 25.0. The number of aromatic hydroxyl groups is 2. The molecule has 5 N–H and O–H groups in total. The topological polar surface area (TPSA) is 122 Å². The molecule has 166 valence electrons. The van der Waals surface area contributed by atoms with Crippen molar-refractivity contribution in [2.75, 3.05) is 12.3 Å². The molecule has 0 aliphatic heterocycles. The molecule has 4 aromatic carbocycles. The van der Waals surface area contributed by atoms with Crippen LogP contribution in [0.3, 0.4) is 0 Å². The Labute approximate surface area is 190 Å². The molecule has 0 aromatic heterocycles. The van der Waals surface area contributed by atoms with E-state index in [4.69, 9.17) is 10.5 Å². The highest BCUT2D eigenvalue weighted by Gasteiger charge is 2.18. The van der Waals surface area contributed by atoms with Crippen LogP contribution in [0.25, 0.3) is 10.8 Å². The molecule has 0 aliphatic rings. The zero-order chi connectivity index (χ0) is 23.4. The maximum absolute atomic E-state index is 12.6. The number of nitrogens with one attached hydrogen (secondary N) is 1. The van der Waals surface area contributed by atoms with Crippen molar-refractivity contribution in [1.29, 1.82) is 0 Å². The Morgan fingerprint density at radius 3 is 2.33 bits per heavy atom. The lowest BCUT2D eigenvalue weighted by atomic mass is 10.0. The normalized spacial score (nSPS) is 10.7. The van der Waals surface area contributed by atoms with Crippen LogP contribution in [0.2, 0.25) is 0 Å². The molecular formula is C26H22N2O5. The number of carbonyl (C=O) groups is 2. The number of hydrogen-bond donors (Lipinski definition) is 4. The van der Waals surface area contributed by atoms with Crippen molar-refractivity contribution < 1.29 is 24.5 Å². The molecule has 0 saturated carbocycles. The molecule has 7 nitrogen and oxygen atoms in total. The Bertz CT molecular complexity index is 1320. The summed E-state index contributed by atoms with van der Waals surface area (Å²) in [6.45, 7) is 0.434. The van der Waals surface area contributed by atoms with Crippen LogP contribution < -0.4 is 15.8 Å². The first-order chi connectivity index (χ1) is 15.9. The minimum absolute atomic E-state index is 0.0396. The fraction of sp³-hybridized carbons (Fsp3) is 0.0769. The van der Waals surface area contributed by atoms with Gasteiger partial charge in [-0.25, -0.2) is 4.79 Å². The lowest BCUT2D eigenvalue weighted by Crippen LogP contribution is -2.25. The second kappa shape index (κ2) is 9.32. The van der Waals surface area contributed by atoms with Gasteiger partial charge in [-0.3, -0.25) is 4.79 Å². The van der Waals surface area contributed by atoms with Crippen molar-refractivity contribution in [2.24, 2.45) is 0 Å². The lowest BCUT2D eigenvalue weighted by molar-refractivity contribution is 0.0732. The van der Waals surface area contributed by atoms with Crippen LogP contribution in [-0.4, -0.2) is 28.6 Å². The van der Waals surface area contributed by atoms with E-state index in [2.05, 4.69) is 5.32 Å². The van der Waals surface area contributed by atoms with Gasteiger partial charge in [0.25, 0.3) is 5.91 Å². The molecule has 4 aromatic rings. The van der Waals surface area contributed by atoms with Gasteiger partial charge in [0.2, 0.25) is 0 Å². The molecule has 0 spiro atoms. The number of phenolic OH excluding ortho intramolecular Hbond substituents is 2. The van der Waals surface area contributed by atoms with Crippen molar-refractivity contribution >= 4 is 28.3 Å². The molecule has 7 heteroatoms. The number of ether oxygens (including phenoxy) is 1. The van der Waals surface area contributed by atoms with E-state index in [1.165, 1.54) is 18.2 Å². The highest BCUT2D eigenvalue weighted by molar-refractivity contribution is 6.05. The Hall–Kier alpha value is -4.52. The molecule has 1 amide bonds. The van der Waals surface area contributed by atoms with E-state index >= 15 is 0 Å². The molecule has 4 rings (SSSR count). The van der Waals surface area contributed by atoms with Crippen molar-refractivity contribution in [3.05, 3.63) is 95.6 Å². The number of rotatable bonds is 6. The quantitative estimate of drug-likeness (QED) is 0.155. The largest absolute Gasteiger partial charge is 0.508 e. The van der Waals surface area contributed by atoms with E-state index in [9.17, 15) is 19.8 Å². The summed E-state index contributed by atoms with van der Waals surface area (Å²) in [6.07, 6.45) is 0.625. The molecule has 0 fully saturated rings. The molecule has 0 unspecified atom stereocenters. The second-order valence-corrected chi connectivity index (χ2v) is 7.49. The number of amides is 1. The molecular weight excluding hydrogens is 420 g/mol. The van der Waals surface area contributed by atoms with Gasteiger partial charge in [0, 0.05) is 17.5 Å². The zero-order valence-corrected chi connectivity index (χ0v) is 17.6. The number of fused-ring (bicyclic) bond motifs is 1. The van der Waals surface area contributed by atoms with Crippen LogP contribution >= 0.6 is 0 Å². The fourth-order valence-electron chi connectivity index (χ4n) is 3.44. The first-order valence-corrected chi connectivity index (χ1v) is 10.3. The molecule has 0 atom stereocenters. The molecule has 0 heterocycles. The number of nitrogens with two attached hydrogens (primary N) is 1. The molecule has 0 bridgehead atoms. The van der Waals surface area contributed by atoms with Crippen LogP contribution in [0, 0.1) is 0 Å². The summed E-state index contributed by atoms with van der Waals surface area (Å²) in [5.41, 5.74) is 7.45. The predicted octanol–water partition coefficient (Wildman–Crippen LogP) is 4.02. The number of carbonyl (C=O) groups excluding carboxylic acids is 2. The number of esters is 1. The number of anilines is 1. The van der Waals surface area contributed by atoms with Crippen LogP contribution in [0.4, 0.5) is 5.69 Å². The van der Waals surface area contributed by atoms with Crippen LogP contribution in [0.15, 0.2) is 78.9 Å². The third-order valence-electron chi connectivity index (χ3n) is 5.24. The lowest BCUT2D eigenvalue weighted by Gasteiger charge is -2.11. The minimum Gasteiger partial charge on any atom is -0.508 e. The van der Waals surface area contributed by atoms with E-state index in [0.29, 0.717) is 29.3 Å². The van der Waals surface area contributed by atoms with Crippen LogP contribution in [0.1, 0.15) is 26.3 Å². The summed E-state index contributed by atoms with van der Waals surface area (Å²) in [5.74, 6) is -0.916. The van der Waals surface area contributed by atoms with Gasteiger partial charge in [0.1, 0.15) is 17.1 Å². The predicted molar refractivity (Wildman–Crippen MR) is 126 cm³/mol. The van der Waals surface area contributed by atoms with Gasteiger partial charge >= 0.3 is 5.97 Å². The van der Waals surface area contributed by atoms with E-state index in [1.807, 2.05) is 6.07 Å². The average molecular weight is 442 g/mol. The minimum atomic E-state index is -0.754. The van der Waals surface area contributed by atoms with Gasteiger partial charge in [0.15, 0.2) is 5.75 Å². The number of hydrogen-bond acceptors (Lipinski definition) is 6. The Balaban J connectivity index is 1.38. The molecule has 0 radical (unpaired) electrons. The fourth-order valence-corrected chi connectivity index (χ4v) is 3.44. The maximum Gasteiger partial charge on any atom is 0.347 e. The van der Waals surface area contributed by atoms with Crippen molar-refractivity contribution in [3.63, 3.8) is 0 Å². The van der Waals surface area contributed by atoms with Gasteiger partial charge in [-0.1, -0.05) is 36.4 Å². The molecule has 33 heavy (non-hydrogen) atoms. The standard InChI is InChI=1S/C26H22N2O5/c27-23-21-4-2-1-3-18(21)15-22(24(23)30)26(32)33-20-11-7-17(8-12-20)25(31)28-14-13-16-5-9-19(29)10-6-16/h1-12,15,29-30H,13-14,27H2,(H,28,31). The molecule has 0 aliphatic carbocycles. The maximum atomic E-state index is 12.6. The highest BCUT2D eigenvalue weighted by atomic mass is 16.5. The Morgan fingerprint density at radius 2 is 1.61 bits per heavy atom. The monoisotopic (exact) mass is 442 g/mol. The van der Waals surface area contributed by atoms with Crippen molar-refractivity contribution in [2.45, 2.75) is 6.42 Å². The van der Waals surface area contributed by atoms with Crippen molar-refractivity contribution in [1.82, 2.24) is 5.32 Å². The zero-order valence-electron chi connectivity index (χ0n) is 17.6. The van der Waals surface area contributed by atoms with Gasteiger partial charge in [0.05, 0.1) is 5.69 Å². The number of phenols is 2. The first kappa shape index (κ1) is 21.7. The van der Waals surface area contributed by atoms with Crippen LogP contribution in [-0.2, 0) is 6.42 Å². The summed E-state index contributed by atoms with van der Waals surface area (Å²) < 4.78 is 5.36. The van der Waals surface area contributed by atoms with Crippen molar-refractivity contribution in [3.8, 4) is 17.2 Å². The van der Waals surface area contributed by atoms with E-state index in [0.717, 1.165) is 5.56 Å². The SMILES string of the molecule is Nc1c(O)c(C(=O)Oc2ccc(C(=O)NCCc3ccc(O)cc3)cc2)cc2ccccc12. The van der Waals surface area contributed by atoms with E-state index in [1.54, 1.807) is 54.6 Å². The van der Waals surface area contributed by atoms with Crippen LogP contribution in [0.5, 0.6) is 17.2 Å². The molecule has 0 saturated heterocycles. The smallest absolute Gasteiger partial charge is 0.347 e. The summed E-state index contributed by atoms with van der Waals surface area (Å²) >= 11 is 0. The third-order valence-corrected chi connectivity index (χ3v) is 5.24. The average Bonchev–Trinajstić information content (AvgIpc) is 2.83. The van der Waals surface area contributed by atoms with Gasteiger partial charge in [-0.05, 0) is 59.8 Å². The number of benzene rings is 4. The highest BCUT2D eigenvalue weighted by Crippen LogP contribution is 2.34. The summed E-state index contributed by atoms with van der Waals surface area (Å²) in [5, 5.41) is 23.8. The first-order valence-electron chi connectivity index (χ1n) is 10.3. The second-order valence-electron chi connectivity index (χ2n) is 7.49. The third kappa shape index (κ3) is 4.88. The van der Waals surface area contributed by atoms with Gasteiger partial charge < -0.3 is 26.0 Å². The Morgan fingerprint density at radius 1 is 0.909 bits per heavy atom.